The number of nitrogens with zero attached hydrogens (tertiary/aromatic N) is 1. The molecule has 0 saturated carbocycles. The molecule has 2 aromatic rings. The first-order valence-corrected chi connectivity index (χ1v) is 9.22. The quantitative estimate of drug-likeness (QED) is 0.756. The Hall–Kier alpha value is -2.24. The van der Waals surface area contributed by atoms with E-state index in [2.05, 4.69) is 5.32 Å². The minimum absolute atomic E-state index is 0.100. The van der Waals surface area contributed by atoms with Crippen LogP contribution in [0.4, 0.5) is 0 Å². The fourth-order valence-electron chi connectivity index (χ4n) is 2.51. The number of aryl methyl sites for hydroxylation is 1. The van der Waals surface area contributed by atoms with E-state index in [1.807, 2.05) is 19.1 Å². The molecule has 7 heteroatoms. The maximum absolute atomic E-state index is 12.8. The van der Waals surface area contributed by atoms with E-state index in [1.54, 1.807) is 37.3 Å². The van der Waals surface area contributed by atoms with Gasteiger partial charge in [0.05, 0.1) is 0 Å². The molecule has 1 N–H and O–H groups in total. The summed E-state index contributed by atoms with van der Waals surface area (Å²) in [6.07, 6.45) is 0. The number of nitrogens with one attached hydrogen (secondary N) is 1. The molecule has 0 spiro atoms. The van der Waals surface area contributed by atoms with E-state index in [0.717, 1.165) is 5.56 Å². The molecule has 0 heterocycles. The van der Waals surface area contributed by atoms with Gasteiger partial charge in [0.2, 0.25) is 5.91 Å². The van der Waals surface area contributed by atoms with Gasteiger partial charge < -0.3 is 15.0 Å². The molecule has 0 aliphatic rings. The fraction of sp³-hybridized carbons (Fsp3) is 0.300. The molecule has 0 aliphatic heterocycles. The Morgan fingerprint density at radius 2 is 1.70 bits per heavy atom. The summed E-state index contributed by atoms with van der Waals surface area (Å²) in [6, 6.07) is 11.8. The zero-order chi connectivity index (χ0) is 20.0. The van der Waals surface area contributed by atoms with Gasteiger partial charge >= 0.3 is 0 Å². The average Bonchev–Trinajstić information content (AvgIpc) is 2.66. The van der Waals surface area contributed by atoms with Crippen LogP contribution in [0.1, 0.15) is 18.1 Å². The summed E-state index contributed by atoms with van der Waals surface area (Å²) in [5, 5.41) is 3.42. The Labute approximate surface area is 169 Å². The van der Waals surface area contributed by atoms with Crippen LogP contribution in [0.3, 0.4) is 0 Å². The molecule has 0 aromatic heterocycles. The summed E-state index contributed by atoms with van der Waals surface area (Å²) in [5.41, 5.74) is 1.68. The van der Waals surface area contributed by atoms with Crippen molar-refractivity contribution < 1.29 is 14.3 Å². The van der Waals surface area contributed by atoms with E-state index in [1.165, 1.54) is 11.9 Å². The molecule has 2 aromatic carbocycles. The number of carbonyl (C=O) groups is 2. The van der Waals surface area contributed by atoms with E-state index in [4.69, 9.17) is 27.9 Å². The number of likely N-dealkylation sites (N-methyl/N-ethyl adjacent to an activating group) is 1. The molecule has 1 unspecified atom stereocenters. The smallest absolute Gasteiger partial charge is 0.261 e. The molecular weight excluding hydrogens is 387 g/mol. The van der Waals surface area contributed by atoms with E-state index >= 15 is 0 Å². The highest BCUT2D eigenvalue weighted by Gasteiger charge is 2.27. The zero-order valence-corrected chi connectivity index (χ0v) is 17.0. The van der Waals surface area contributed by atoms with Crippen LogP contribution >= 0.6 is 23.2 Å². The molecule has 144 valence electrons. The van der Waals surface area contributed by atoms with Gasteiger partial charge in [0.1, 0.15) is 11.8 Å². The molecule has 27 heavy (non-hydrogen) atoms. The molecule has 0 bridgehead atoms. The Kier molecular flexibility index (Phi) is 7.51. The molecule has 0 radical (unpaired) electrons. The number of carbonyl (C=O) groups excluding carboxylic acids is 2. The summed E-state index contributed by atoms with van der Waals surface area (Å²) in [7, 11) is 1.52. The van der Waals surface area contributed by atoms with Crippen molar-refractivity contribution in [3.05, 3.63) is 63.6 Å². The van der Waals surface area contributed by atoms with Gasteiger partial charge in [-0.1, -0.05) is 47.0 Å². The molecule has 1 atom stereocenters. The largest absolute Gasteiger partial charge is 0.484 e. The Balaban J connectivity index is 2.19. The predicted molar refractivity (Wildman–Crippen MR) is 107 cm³/mol. The highest BCUT2D eigenvalue weighted by Crippen LogP contribution is 2.26. The molecule has 5 nitrogen and oxygen atoms in total. The van der Waals surface area contributed by atoms with Gasteiger partial charge in [-0.2, -0.15) is 0 Å². The van der Waals surface area contributed by atoms with Gasteiger partial charge in [0.15, 0.2) is 6.61 Å². The number of halogens is 2. The molecule has 0 aliphatic carbocycles. The first kappa shape index (κ1) is 21.1. The van der Waals surface area contributed by atoms with Gasteiger partial charge in [0, 0.05) is 29.2 Å². The van der Waals surface area contributed by atoms with Gasteiger partial charge in [0.25, 0.3) is 5.91 Å². The van der Waals surface area contributed by atoms with Crippen molar-refractivity contribution in [3.8, 4) is 5.75 Å². The molecule has 0 saturated heterocycles. The van der Waals surface area contributed by atoms with E-state index < -0.39 is 6.04 Å². The third-order valence-electron chi connectivity index (χ3n) is 4.19. The van der Waals surface area contributed by atoms with Crippen molar-refractivity contribution in [2.45, 2.75) is 26.4 Å². The van der Waals surface area contributed by atoms with Crippen LogP contribution in [0.2, 0.25) is 10.0 Å². The topological polar surface area (TPSA) is 58.6 Å². The van der Waals surface area contributed by atoms with E-state index in [0.29, 0.717) is 21.4 Å². The minimum atomic E-state index is -0.712. The summed E-state index contributed by atoms with van der Waals surface area (Å²) in [4.78, 5) is 26.3. The SMILES string of the molecule is CNC(=O)C(C)N(Cc1c(Cl)cccc1Cl)C(=O)COc1ccc(C)cc1. The van der Waals surface area contributed by atoms with Crippen LogP contribution in [0, 0.1) is 6.92 Å². The van der Waals surface area contributed by atoms with Crippen molar-refractivity contribution in [1.29, 1.82) is 0 Å². The number of rotatable bonds is 7. The lowest BCUT2D eigenvalue weighted by atomic mass is 10.1. The lowest BCUT2D eigenvalue weighted by Gasteiger charge is -2.29. The van der Waals surface area contributed by atoms with Crippen LogP contribution in [0.5, 0.6) is 5.75 Å². The third-order valence-corrected chi connectivity index (χ3v) is 4.90. The van der Waals surface area contributed by atoms with Crippen LogP contribution in [-0.2, 0) is 16.1 Å². The van der Waals surface area contributed by atoms with Crippen molar-refractivity contribution in [2.75, 3.05) is 13.7 Å². The second-order valence-corrected chi connectivity index (χ2v) is 6.93. The summed E-state index contributed by atoms with van der Waals surface area (Å²) < 4.78 is 5.58. The van der Waals surface area contributed by atoms with E-state index in [9.17, 15) is 9.59 Å². The second kappa shape index (κ2) is 9.62. The van der Waals surface area contributed by atoms with Crippen molar-refractivity contribution in [2.24, 2.45) is 0 Å². The first-order chi connectivity index (χ1) is 12.8. The normalized spacial score (nSPS) is 11.6. The van der Waals surface area contributed by atoms with Crippen LogP contribution in [-0.4, -0.2) is 36.4 Å². The summed E-state index contributed by atoms with van der Waals surface area (Å²) in [5.74, 6) is -0.0539. The highest BCUT2D eigenvalue weighted by molar-refractivity contribution is 6.36. The zero-order valence-electron chi connectivity index (χ0n) is 15.5. The molecule has 2 rings (SSSR count). The first-order valence-electron chi connectivity index (χ1n) is 8.47. The Morgan fingerprint density at radius 1 is 1.11 bits per heavy atom. The lowest BCUT2D eigenvalue weighted by Crippen LogP contribution is -2.48. The number of amides is 2. The maximum Gasteiger partial charge on any atom is 0.261 e. The number of hydrogen-bond acceptors (Lipinski definition) is 3. The highest BCUT2D eigenvalue weighted by atomic mass is 35.5. The van der Waals surface area contributed by atoms with Crippen molar-refractivity contribution >= 4 is 35.0 Å². The van der Waals surface area contributed by atoms with Gasteiger partial charge in [-0.05, 0) is 38.1 Å². The number of hydrogen-bond donors (Lipinski definition) is 1. The van der Waals surface area contributed by atoms with Crippen molar-refractivity contribution in [1.82, 2.24) is 10.2 Å². The number of ether oxygens (including phenoxy) is 1. The fourth-order valence-corrected chi connectivity index (χ4v) is 3.02. The van der Waals surface area contributed by atoms with Crippen LogP contribution in [0.25, 0.3) is 0 Å². The molecule has 0 fully saturated rings. The third kappa shape index (κ3) is 5.62. The van der Waals surface area contributed by atoms with Crippen LogP contribution in [0.15, 0.2) is 42.5 Å². The maximum atomic E-state index is 12.8. The van der Waals surface area contributed by atoms with Gasteiger partial charge in [-0.3, -0.25) is 9.59 Å². The van der Waals surface area contributed by atoms with Gasteiger partial charge in [-0.25, -0.2) is 0 Å². The van der Waals surface area contributed by atoms with Gasteiger partial charge in [-0.15, -0.1) is 0 Å². The average molecular weight is 409 g/mol. The Morgan fingerprint density at radius 3 is 2.26 bits per heavy atom. The monoisotopic (exact) mass is 408 g/mol. The summed E-state index contributed by atoms with van der Waals surface area (Å²) in [6.45, 7) is 3.51. The number of benzene rings is 2. The van der Waals surface area contributed by atoms with E-state index in [-0.39, 0.29) is 25.0 Å². The Bertz CT molecular complexity index is 789. The van der Waals surface area contributed by atoms with Crippen molar-refractivity contribution in [3.63, 3.8) is 0 Å². The lowest BCUT2D eigenvalue weighted by molar-refractivity contribution is -0.142. The predicted octanol–water partition coefficient (Wildman–Crippen LogP) is 3.84. The second-order valence-electron chi connectivity index (χ2n) is 6.11. The molecular formula is C20H22Cl2N2O3. The standard InChI is InChI=1S/C20H22Cl2N2O3/c1-13-7-9-15(10-8-13)27-12-19(25)24(14(2)20(26)23-3)11-16-17(21)5-4-6-18(16)22/h4-10,14H,11-12H2,1-3H3,(H,23,26). The molecule has 2 amide bonds. The van der Waals surface area contributed by atoms with Crippen LogP contribution < -0.4 is 10.1 Å². The minimum Gasteiger partial charge on any atom is -0.484 e. The summed E-state index contributed by atoms with van der Waals surface area (Å²) >= 11 is 12.5.